The molecule has 0 aromatic carbocycles. The second-order valence-electron chi connectivity index (χ2n) is 0. The third-order valence-electron chi connectivity index (χ3n) is 0. The molecule has 0 aliphatic heterocycles. The molecule has 0 spiro atoms. The Hall–Kier alpha value is 2.61. The average Bonchev–Trinajstić information content (AvgIpc) is 0. The topological polar surface area (TPSA) is 0 Å². The van der Waals surface area contributed by atoms with Gasteiger partial charge in [0.15, 0.2) is 0 Å². The maximum Gasteiger partial charge on any atom is 0 e. The summed E-state index contributed by atoms with van der Waals surface area (Å²) in [5, 5.41) is 0. The normalized spacial score (nSPS) is 0. The first-order valence-electron chi connectivity index (χ1n) is 0. The smallest absolute Gasteiger partial charge is 0 e. The summed E-state index contributed by atoms with van der Waals surface area (Å²) in [7, 11) is 0. The number of hydrogen-bond acceptors (Lipinski definition) is 0. The van der Waals surface area contributed by atoms with E-state index in [1.54, 1.807) is 0 Å². The summed E-state index contributed by atoms with van der Waals surface area (Å²) in [6, 6.07) is 0. The fraction of sp³-hybridized carbons (Fsp3) is 0. The summed E-state index contributed by atoms with van der Waals surface area (Å²) in [6.07, 6.45) is 0. The molecule has 0 aromatic rings. The second kappa shape index (κ2) is 30.5. The molecule has 0 nitrogen and oxygen atoms in total. The van der Waals surface area contributed by atoms with E-state index in [1.165, 1.54) is 0 Å². The maximum atomic E-state index is 0. The zero-order chi connectivity index (χ0) is 0. The fourth-order valence-electron chi connectivity index (χ4n) is 0. The molecule has 0 saturated heterocycles. The van der Waals surface area contributed by atoms with Crippen LogP contribution in [-0.4, -0.2) is 0 Å². The Morgan fingerprint density at radius 1 is 1.00 bits per heavy atom. The van der Waals surface area contributed by atoms with Gasteiger partial charge in [0.1, 0.15) is 0 Å². The first kappa shape index (κ1) is 48.8. The Labute approximate surface area is 80.2 Å². The third-order valence-corrected chi connectivity index (χ3v) is 0. The Morgan fingerprint density at radius 3 is 1.00 bits per heavy atom. The summed E-state index contributed by atoms with van der Waals surface area (Å²) in [5.74, 6) is 0. The summed E-state index contributed by atoms with van der Waals surface area (Å²) in [5.41, 5.74) is 0. The predicted molar refractivity (Wildman–Crippen MR) is 21.5 cm³/mol. The molecule has 0 aromatic heterocycles. The molecule has 0 saturated carbocycles. The molecular weight excluding hydrogens is 214 g/mol. The van der Waals surface area contributed by atoms with E-state index in [9.17, 15) is 0 Å². The zero-order valence-corrected chi connectivity index (χ0v) is 9.21. The van der Waals surface area contributed by atoms with Crippen molar-refractivity contribution < 1.29 is 57.6 Å². The van der Waals surface area contributed by atoms with Gasteiger partial charge in [-0.2, -0.15) is 23.4 Å². The van der Waals surface area contributed by atoms with E-state index in [4.69, 9.17) is 0 Å². The van der Waals surface area contributed by atoms with Gasteiger partial charge in [0.2, 0.25) is 0 Å². The number of hydrogen-bond donors (Lipinski definition) is 0. The van der Waals surface area contributed by atoms with E-state index < -0.39 is 0 Å². The van der Waals surface area contributed by atoms with Gasteiger partial charge in [-0.25, -0.2) is 0 Å². The van der Waals surface area contributed by atoms with Crippen molar-refractivity contribution in [1.82, 2.24) is 0 Å². The van der Waals surface area contributed by atoms with Crippen molar-refractivity contribution in [3.8, 4) is 0 Å². The van der Waals surface area contributed by atoms with Crippen molar-refractivity contribution in [3.63, 3.8) is 0 Å². The van der Waals surface area contributed by atoms with Crippen LogP contribution in [0.3, 0.4) is 0 Å². The molecule has 1 atom stereocenters. The van der Waals surface area contributed by atoms with E-state index in [0.717, 1.165) is 0 Å². The Balaban J connectivity index is 0. The third kappa shape index (κ3) is 20.6. The van der Waals surface area contributed by atoms with Gasteiger partial charge in [-0.3, -0.25) is 0 Å². The minimum absolute atomic E-state index is 0. The van der Waals surface area contributed by atoms with Gasteiger partial charge < -0.3 is 0 Å². The summed E-state index contributed by atoms with van der Waals surface area (Å²) < 4.78 is 0. The van der Waals surface area contributed by atoms with Crippen molar-refractivity contribution in [1.29, 1.82) is 0 Å². The van der Waals surface area contributed by atoms with Crippen LogP contribution in [0.15, 0.2) is 0 Å². The molecule has 5 heavy (non-hydrogen) atoms. The summed E-state index contributed by atoms with van der Waals surface area (Å²) >= 11 is 0. The molecule has 0 heterocycles. The molecule has 0 amide bonds. The largest absolute Gasteiger partial charge is 0.197 e. The number of rotatable bonds is 0. The van der Waals surface area contributed by atoms with E-state index in [0.29, 0.717) is 0 Å². The molecular formula is H5CrPSTiV. The summed E-state index contributed by atoms with van der Waals surface area (Å²) in [6.45, 7) is 0. The molecule has 5 heteroatoms. The Kier molecular flexibility index (Phi) is 298. The van der Waals surface area contributed by atoms with Crippen LogP contribution in [0.2, 0.25) is 0 Å². The first-order valence-corrected chi connectivity index (χ1v) is 0. The van der Waals surface area contributed by atoms with Gasteiger partial charge in [-0.05, 0) is 0 Å². The van der Waals surface area contributed by atoms with Crippen LogP contribution in [0.1, 0.15) is 0 Å². The maximum absolute atomic E-state index is 0. The quantitative estimate of drug-likeness (QED) is 0.402. The first-order chi connectivity index (χ1) is 0. The van der Waals surface area contributed by atoms with Gasteiger partial charge in [0, 0.05) is 57.6 Å². The van der Waals surface area contributed by atoms with Crippen molar-refractivity contribution >= 4 is 23.4 Å². The van der Waals surface area contributed by atoms with Crippen molar-refractivity contribution in [3.05, 3.63) is 0 Å². The van der Waals surface area contributed by atoms with Crippen LogP contribution in [0.25, 0.3) is 0 Å². The van der Waals surface area contributed by atoms with Crippen LogP contribution in [-0.2, 0) is 57.6 Å². The van der Waals surface area contributed by atoms with Gasteiger partial charge in [-0.15, -0.1) is 0 Å². The molecule has 0 aliphatic rings. The molecule has 0 rings (SSSR count). The standard InChI is InChI=1S/Cr.H3P.H2S.Ti.V/h;1H3;1H2;;. The minimum Gasteiger partial charge on any atom is -0.197 e. The second-order valence-corrected chi connectivity index (χ2v) is 0. The van der Waals surface area contributed by atoms with Crippen LogP contribution >= 0.6 is 23.4 Å². The van der Waals surface area contributed by atoms with Crippen LogP contribution in [0, 0.1) is 0 Å². The van der Waals surface area contributed by atoms with E-state index in [2.05, 4.69) is 0 Å². The molecule has 1 radical (unpaired) electrons. The van der Waals surface area contributed by atoms with E-state index in [1.807, 2.05) is 0 Å². The minimum atomic E-state index is 0. The Morgan fingerprint density at radius 2 is 1.00 bits per heavy atom. The SMILES string of the molecule is P.S.[Cr].[Ti].[V]. The van der Waals surface area contributed by atoms with Crippen molar-refractivity contribution in [2.75, 3.05) is 0 Å². The van der Waals surface area contributed by atoms with Gasteiger partial charge >= 0.3 is 0 Å². The molecule has 0 fully saturated rings. The van der Waals surface area contributed by atoms with Crippen LogP contribution in [0.5, 0.6) is 0 Å². The average molecular weight is 219 g/mol. The molecule has 0 N–H and O–H groups in total. The molecule has 0 aliphatic carbocycles. The van der Waals surface area contributed by atoms with Gasteiger partial charge in [0.05, 0.1) is 0 Å². The van der Waals surface area contributed by atoms with Gasteiger partial charge in [0.25, 0.3) is 0 Å². The zero-order valence-electron chi connectivity index (χ0n) is 2.56. The summed E-state index contributed by atoms with van der Waals surface area (Å²) in [4.78, 5) is 0. The molecule has 1 unspecified atom stereocenters. The van der Waals surface area contributed by atoms with Crippen LogP contribution in [0.4, 0.5) is 0 Å². The van der Waals surface area contributed by atoms with Crippen LogP contribution < -0.4 is 0 Å². The molecule has 0 bridgehead atoms. The monoisotopic (exact) mass is 219 g/mol. The van der Waals surface area contributed by atoms with Crippen molar-refractivity contribution in [2.24, 2.45) is 0 Å². The predicted octanol–water partition coefficient (Wildman–Crippen LogP) is 0.163. The van der Waals surface area contributed by atoms with E-state index in [-0.39, 0.29) is 81.0 Å². The molecule has 31 valence electrons. The van der Waals surface area contributed by atoms with E-state index >= 15 is 0 Å². The van der Waals surface area contributed by atoms with Gasteiger partial charge in [-0.1, -0.05) is 0 Å². The fourth-order valence-corrected chi connectivity index (χ4v) is 0. The Bertz CT molecular complexity index is 11.6. The van der Waals surface area contributed by atoms with Crippen molar-refractivity contribution in [2.45, 2.75) is 0 Å².